The van der Waals surface area contributed by atoms with E-state index in [9.17, 15) is 4.79 Å². The molecule has 2 aliphatic rings. The van der Waals surface area contributed by atoms with Gasteiger partial charge in [0.05, 0.1) is 6.61 Å². The van der Waals surface area contributed by atoms with Crippen molar-refractivity contribution in [3.8, 4) is 5.75 Å². The minimum Gasteiger partial charge on any atom is -0.491 e. The summed E-state index contributed by atoms with van der Waals surface area (Å²) in [5.41, 5.74) is 0.815. The summed E-state index contributed by atoms with van der Waals surface area (Å²) in [6.07, 6.45) is 7.17. The summed E-state index contributed by atoms with van der Waals surface area (Å²) in [7, 11) is 3.84. The van der Waals surface area contributed by atoms with E-state index in [-0.39, 0.29) is 11.4 Å². The number of carbonyl (C=O) groups is 1. The molecule has 1 amide bonds. The number of hydrogen-bond donors (Lipinski definition) is 0. The molecule has 0 aromatic heterocycles. The van der Waals surface area contributed by atoms with Crippen LogP contribution in [0.15, 0.2) is 24.3 Å². The van der Waals surface area contributed by atoms with E-state index < -0.39 is 0 Å². The Balaban J connectivity index is 1.74. The molecule has 1 aromatic carbocycles. The van der Waals surface area contributed by atoms with Crippen LogP contribution < -0.4 is 4.74 Å². The third-order valence-corrected chi connectivity index (χ3v) is 6.39. The molecule has 1 aromatic rings. The Morgan fingerprint density at radius 2 is 1.89 bits per heavy atom. The third kappa shape index (κ3) is 4.46. The van der Waals surface area contributed by atoms with Gasteiger partial charge in [-0.25, -0.2) is 0 Å². The molecule has 1 heterocycles. The summed E-state index contributed by atoms with van der Waals surface area (Å²) >= 11 is 0. The third-order valence-electron chi connectivity index (χ3n) is 6.39. The van der Waals surface area contributed by atoms with Gasteiger partial charge in [0.1, 0.15) is 12.4 Å². The van der Waals surface area contributed by atoms with Crippen molar-refractivity contribution >= 4 is 5.91 Å². The van der Waals surface area contributed by atoms with Crippen molar-refractivity contribution < 1.29 is 14.3 Å². The number of methoxy groups -OCH3 is 1. The van der Waals surface area contributed by atoms with E-state index in [1.165, 1.54) is 19.3 Å². The first-order chi connectivity index (χ1) is 13.1. The quantitative estimate of drug-likeness (QED) is 0.684. The normalized spacial score (nSPS) is 21.8. The summed E-state index contributed by atoms with van der Waals surface area (Å²) in [6, 6.07) is 8.05. The second-order valence-corrected chi connectivity index (χ2v) is 8.00. The van der Waals surface area contributed by atoms with Crippen LogP contribution in [0.25, 0.3) is 0 Å². The number of likely N-dealkylation sites (tertiary alicyclic amines) is 1. The van der Waals surface area contributed by atoms with Gasteiger partial charge in [0.2, 0.25) is 0 Å². The lowest BCUT2D eigenvalue weighted by molar-refractivity contribution is 0.0499. The number of benzene rings is 1. The smallest absolute Gasteiger partial charge is 0.254 e. The summed E-state index contributed by atoms with van der Waals surface area (Å²) in [5.74, 6) is 0.952. The van der Waals surface area contributed by atoms with Gasteiger partial charge in [-0.2, -0.15) is 0 Å². The fraction of sp³-hybridized carbons (Fsp3) is 0.682. The number of nitrogens with zero attached hydrogens (tertiary/aromatic N) is 2. The van der Waals surface area contributed by atoms with Gasteiger partial charge in [-0.1, -0.05) is 26.2 Å². The van der Waals surface area contributed by atoms with Crippen molar-refractivity contribution in [1.82, 2.24) is 9.80 Å². The van der Waals surface area contributed by atoms with Gasteiger partial charge in [-0.05, 0) is 57.1 Å². The summed E-state index contributed by atoms with van der Waals surface area (Å²) in [6.45, 7) is 5.14. The molecule has 3 rings (SSSR count). The Kier molecular flexibility index (Phi) is 6.77. The van der Waals surface area contributed by atoms with E-state index in [0.717, 1.165) is 43.7 Å². The minimum absolute atomic E-state index is 0.0526. The minimum atomic E-state index is 0.0526. The Bertz CT molecular complexity index is 610. The molecule has 5 nitrogen and oxygen atoms in total. The van der Waals surface area contributed by atoms with E-state index in [0.29, 0.717) is 19.3 Å². The average molecular weight is 375 g/mol. The topological polar surface area (TPSA) is 42.0 Å². The molecule has 5 heteroatoms. The maximum absolute atomic E-state index is 13.4. The molecular weight excluding hydrogens is 340 g/mol. The molecule has 0 unspecified atom stereocenters. The monoisotopic (exact) mass is 374 g/mol. The Hall–Kier alpha value is -1.59. The average Bonchev–Trinajstić information content (AvgIpc) is 3.06. The summed E-state index contributed by atoms with van der Waals surface area (Å²) in [5, 5.41) is 0. The molecule has 0 bridgehead atoms. The molecule has 2 fully saturated rings. The molecule has 1 spiro atoms. The van der Waals surface area contributed by atoms with Crippen molar-refractivity contribution in [1.29, 1.82) is 0 Å². The van der Waals surface area contributed by atoms with Gasteiger partial charge in [0.25, 0.3) is 5.91 Å². The van der Waals surface area contributed by atoms with Gasteiger partial charge in [-0.3, -0.25) is 4.79 Å². The number of carbonyl (C=O) groups excluding carboxylic acids is 1. The largest absolute Gasteiger partial charge is 0.491 e. The first-order valence-electron chi connectivity index (χ1n) is 10.3. The zero-order valence-electron chi connectivity index (χ0n) is 17.1. The number of rotatable bonds is 7. The van der Waals surface area contributed by atoms with Crippen molar-refractivity contribution in [2.75, 3.05) is 40.5 Å². The van der Waals surface area contributed by atoms with Crippen molar-refractivity contribution in [2.45, 2.75) is 57.0 Å². The second kappa shape index (κ2) is 9.07. The zero-order valence-corrected chi connectivity index (χ0v) is 17.1. The van der Waals surface area contributed by atoms with Crippen LogP contribution in [-0.2, 0) is 4.74 Å². The van der Waals surface area contributed by atoms with Gasteiger partial charge in [0.15, 0.2) is 0 Å². The lowest BCUT2D eigenvalue weighted by Crippen LogP contribution is -2.48. The molecule has 1 aliphatic carbocycles. The standard InChI is InChI=1S/C22H34N2O3/c1-4-23(2)19-16-22(12-6-5-7-13-22)24(17-19)21(25)18-8-10-20(11-9-18)27-15-14-26-3/h8-11,19H,4-7,12-17H2,1-3H3/t19-/m0/s1. The van der Waals surface area contributed by atoms with Gasteiger partial charge in [0, 0.05) is 30.8 Å². The predicted molar refractivity (Wildman–Crippen MR) is 107 cm³/mol. The van der Waals surface area contributed by atoms with Crippen LogP contribution in [0.3, 0.4) is 0 Å². The Morgan fingerprint density at radius 3 is 2.52 bits per heavy atom. The van der Waals surface area contributed by atoms with Gasteiger partial charge < -0.3 is 19.3 Å². The maximum Gasteiger partial charge on any atom is 0.254 e. The van der Waals surface area contributed by atoms with Crippen LogP contribution in [0.4, 0.5) is 0 Å². The summed E-state index contributed by atoms with van der Waals surface area (Å²) < 4.78 is 10.6. The SMILES string of the molecule is CCN(C)[C@@H]1CN(C(=O)c2ccc(OCCOC)cc2)C2(CCCCC2)C1. The molecule has 1 aliphatic heterocycles. The van der Waals surface area contributed by atoms with Gasteiger partial charge in [-0.15, -0.1) is 0 Å². The highest BCUT2D eigenvalue weighted by molar-refractivity contribution is 5.95. The molecule has 1 atom stereocenters. The highest BCUT2D eigenvalue weighted by Crippen LogP contribution is 2.43. The van der Waals surface area contributed by atoms with Crippen molar-refractivity contribution in [2.24, 2.45) is 0 Å². The molecular formula is C22H34N2O3. The number of likely N-dealkylation sites (N-methyl/N-ethyl adjacent to an activating group) is 1. The number of amides is 1. The van der Waals surface area contributed by atoms with Gasteiger partial charge >= 0.3 is 0 Å². The molecule has 0 radical (unpaired) electrons. The van der Waals surface area contributed by atoms with Crippen molar-refractivity contribution in [3.05, 3.63) is 29.8 Å². The van der Waals surface area contributed by atoms with E-state index in [4.69, 9.17) is 9.47 Å². The van der Waals surface area contributed by atoms with E-state index >= 15 is 0 Å². The van der Waals surface area contributed by atoms with Crippen LogP contribution in [0.5, 0.6) is 5.75 Å². The fourth-order valence-corrected chi connectivity index (χ4v) is 4.65. The fourth-order valence-electron chi connectivity index (χ4n) is 4.65. The Morgan fingerprint density at radius 1 is 1.19 bits per heavy atom. The molecule has 1 saturated carbocycles. The van der Waals surface area contributed by atoms with E-state index in [2.05, 4.69) is 23.8 Å². The van der Waals surface area contributed by atoms with E-state index in [1.807, 2.05) is 24.3 Å². The van der Waals surface area contributed by atoms with Crippen LogP contribution in [0.1, 0.15) is 55.8 Å². The molecule has 0 N–H and O–H groups in total. The van der Waals surface area contributed by atoms with Crippen LogP contribution in [0.2, 0.25) is 0 Å². The molecule has 1 saturated heterocycles. The van der Waals surface area contributed by atoms with Crippen molar-refractivity contribution in [3.63, 3.8) is 0 Å². The first kappa shape index (κ1) is 20.2. The predicted octanol–water partition coefficient (Wildman–Crippen LogP) is 3.58. The molecule has 27 heavy (non-hydrogen) atoms. The van der Waals surface area contributed by atoms with Crippen LogP contribution in [0, 0.1) is 0 Å². The highest BCUT2D eigenvalue weighted by atomic mass is 16.5. The van der Waals surface area contributed by atoms with Crippen LogP contribution >= 0.6 is 0 Å². The van der Waals surface area contributed by atoms with Crippen LogP contribution in [-0.4, -0.2) is 67.7 Å². The Labute approximate surface area is 163 Å². The second-order valence-electron chi connectivity index (χ2n) is 8.00. The maximum atomic E-state index is 13.4. The first-order valence-corrected chi connectivity index (χ1v) is 10.3. The lowest BCUT2D eigenvalue weighted by atomic mass is 9.79. The zero-order chi connectivity index (χ0) is 19.3. The highest BCUT2D eigenvalue weighted by Gasteiger charge is 2.48. The summed E-state index contributed by atoms with van der Waals surface area (Å²) in [4.78, 5) is 18.0. The van der Waals surface area contributed by atoms with E-state index in [1.54, 1.807) is 7.11 Å². The number of ether oxygens (including phenoxy) is 2. The molecule has 150 valence electrons. The lowest BCUT2D eigenvalue weighted by Gasteiger charge is -2.41. The number of hydrogen-bond acceptors (Lipinski definition) is 4.